The number of ether oxygens (including phenoxy) is 6. The van der Waals surface area contributed by atoms with Crippen LogP contribution in [0.3, 0.4) is 0 Å². The van der Waals surface area contributed by atoms with E-state index in [4.69, 9.17) is 0 Å². The van der Waals surface area contributed by atoms with E-state index in [-0.39, 0.29) is 7.11 Å². The van der Waals surface area contributed by atoms with Crippen molar-refractivity contribution in [3.63, 3.8) is 0 Å². The fourth-order valence-electron chi connectivity index (χ4n) is 2.33. The van der Waals surface area contributed by atoms with Crippen LogP contribution in [-0.2, 0) is 28.4 Å². The van der Waals surface area contributed by atoms with Crippen molar-refractivity contribution in [1.82, 2.24) is 0 Å². The van der Waals surface area contributed by atoms with E-state index >= 15 is 0 Å². The van der Waals surface area contributed by atoms with Gasteiger partial charge in [-0.15, -0.1) is 0 Å². The van der Waals surface area contributed by atoms with Crippen molar-refractivity contribution in [2.45, 2.75) is 67.2 Å². The molecule has 0 amide bonds. The maximum absolute atomic E-state index is 14.5. The fourth-order valence-corrected chi connectivity index (χ4v) is 2.33. The standard InChI is InChI=1S/C12H6F16O6/c1-3(6(15,16)17)30-8(21,22)4(13,9(23,24)31-3)32-5(14)10(25,26)33-12(29-2,7(18,19)20)34-11(5,27)28/h1-2H3. The zero-order valence-electron chi connectivity index (χ0n) is 15.5. The summed E-state index contributed by atoms with van der Waals surface area (Å²) in [4.78, 5) is 0. The minimum atomic E-state index is -7.19. The van der Waals surface area contributed by atoms with E-state index in [1.54, 1.807) is 0 Å². The highest BCUT2D eigenvalue weighted by molar-refractivity contribution is 5.02. The smallest absolute Gasteiger partial charge is 0.323 e. The van der Waals surface area contributed by atoms with Gasteiger partial charge in [-0.25, -0.2) is 0 Å². The fraction of sp³-hybridized carbons (Fsp3) is 1.00. The summed E-state index contributed by atoms with van der Waals surface area (Å²) in [6.07, 6.45) is -41.0. The molecule has 0 atom stereocenters. The number of alkyl halides is 16. The molecule has 0 aromatic rings. The molecular formula is C12H6F16O6. The molecule has 0 N–H and O–H groups in total. The topological polar surface area (TPSA) is 55.4 Å². The molecule has 34 heavy (non-hydrogen) atoms. The molecule has 0 aromatic heterocycles. The summed E-state index contributed by atoms with van der Waals surface area (Å²) >= 11 is 0. The lowest BCUT2D eigenvalue weighted by molar-refractivity contribution is -0.678. The lowest BCUT2D eigenvalue weighted by atomic mass is 10.1. The van der Waals surface area contributed by atoms with E-state index < -0.39 is 67.2 Å². The third-order valence-corrected chi connectivity index (χ3v) is 4.08. The summed E-state index contributed by atoms with van der Waals surface area (Å²) in [5.74, 6) is -25.1. The summed E-state index contributed by atoms with van der Waals surface area (Å²) in [5.41, 5.74) is 0. The van der Waals surface area contributed by atoms with Crippen molar-refractivity contribution in [1.29, 1.82) is 0 Å². The zero-order chi connectivity index (χ0) is 27.2. The van der Waals surface area contributed by atoms with Gasteiger partial charge in [-0.1, -0.05) is 0 Å². The first kappa shape index (κ1) is 28.9. The van der Waals surface area contributed by atoms with Gasteiger partial charge in [-0.2, -0.15) is 70.2 Å². The summed E-state index contributed by atoms with van der Waals surface area (Å²) in [6.45, 7) is -0.744. The number of methoxy groups -OCH3 is 1. The molecule has 0 aromatic carbocycles. The Balaban J connectivity index is 2.64. The van der Waals surface area contributed by atoms with E-state index in [2.05, 4.69) is 28.4 Å². The lowest BCUT2D eigenvalue weighted by Crippen LogP contribution is -2.79. The van der Waals surface area contributed by atoms with Crippen LogP contribution in [0.4, 0.5) is 70.2 Å². The first-order valence-corrected chi connectivity index (χ1v) is 7.68. The van der Waals surface area contributed by atoms with Crippen LogP contribution in [0, 0.1) is 0 Å². The lowest BCUT2D eigenvalue weighted by Gasteiger charge is -2.53. The minimum absolute atomic E-state index is 0.300. The van der Waals surface area contributed by atoms with Crippen molar-refractivity contribution in [2.24, 2.45) is 0 Å². The number of halogens is 16. The molecule has 22 heteroatoms. The highest BCUT2D eigenvalue weighted by atomic mass is 19.4. The molecule has 2 heterocycles. The molecule has 0 radical (unpaired) electrons. The van der Waals surface area contributed by atoms with E-state index in [1.807, 2.05) is 0 Å². The Kier molecular flexibility index (Phi) is 6.04. The van der Waals surface area contributed by atoms with Crippen LogP contribution in [0.5, 0.6) is 0 Å². The Labute approximate surface area is 174 Å². The molecule has 0 saturated carbocycles. The van der Waals surface area contributed by atoms with Gasteiger partial charge in [-0.3, -0.25) is 23.7 Å². The first-order chi connectivity index (χ1) is 14.6. The van der Waals surface area contributed by atoms with E-state index in [0.717, 1.165) is 0 Å². The van der Waals surface area contributed by atoms with Gasteiger partial charge in [0, 0.05) is 7.11 Å². The molecule has 0 aliphatic carbocycles. The Morgan fingerprint density at radius 1 is 0.529 bits per heavy atom. The van der Waals surface area contributed by atoms with Gasteiger partial charge in [0.05, 0.1) is 0 Å². The van der Waals surface area contributed by atoms with Gasteiger partial charge in [-0.05, 0) is 6.92 Å². The van der Waals surface area contributed by atoms with Gasteiger partial charge < -0.3 is 4.74 Å². The quantitative estimate of drug-likeness (QED) is 0.465. The average molecular weight is 550 g/mol. The monoisotopic (exact) mass is 550 g/mol. The molecule has 6 nitrogen and oxygen atoms in total. The van der Waals surface area contributed by atoms with Crippen molar-refractivity contribution in [3.05, 3.63) is 0 Å². The Bertz CT molecular complexity index is 769. The molecule has 2 fully saturated rings. The third-order valence-electron chi connectivity index (χ3n) is 4.08. The van der Waals surface area contributed by atoms with Crippen LogP contribution in [-0.4, -0.2) is 67.4 Å². The highest BCUT2D eigenvalue weighted by Gasteiger charge is 2.92. The van der Waals surface area contributed by atoms with Gasteiger partial charge >= 0.3 is 54.5 Å². The van der Waals surface area contributed by atoms with Crippen LogP contribution in [0.25, 0.3) is 0 Å². The number of rotatable bonds is 3. The average Bonchev–Trinajstić information content (AvgIpc) is 2.54. The molecule has 2 saturated heterocycles. The summed E-state index contributed by atoms with van der Waals surface area (Å²) < 4.78 is 233. The van der Waals surface area contributed by atoms with Crippen molar-refractivity contribution in [3.8, 4) is 0 Å². The van der Waals surface area contributed by atoms with Gasteiger partial charge in [0.15, 0.2) is 0 Å². The Morgan fingerprint density at radius 3 is 1.06 bits per heavy atom. The maximum Gasteiger partial charge on any atom is 0.473 e. The van der Waals surface area contributed by atoms with Crippen molar-refractivity contribution >= 4 is 0 Å². The van der Waals surface area contributed by atoms with Crippen molar-refractivity contribution in [2.75, 3.05) is 7.11 Å². The molecule has 2 aliphatic heterocycles. The summed E-state index contributed by atoms with van der Waals surface area (Å²) in [5, 5.41) is 0. The Hall–Kier alpha value is -1.36. The minimum Gasteiger partial charge on any atom is -0.323 e. The third kappa shape index (κ3) is 3.67. The van der Waals surface area contributed by atoms with Gasteiger partial charge in [0.25, 0.3) is 5.79 Å². The zero-order valence-corrected chi connectivity index (χ0v) is 15.5. The molecule has 202 valence electrons. The molecule has 0 spiro atoms. The molecule has 0 bridgehead atoms. The van der Waals surface area contributed by atoms with Crippen molar-refractivity contribution < 1.29 is 98.7 Å². The van der Waals surface area contributed by atoms with E-state index in [9.17, 15) is 70.2 Å². The van der Waals surface area contributed by atoms with E-state index in [0.29, 0.717) is 0 Å². The second-order valence-corrected chi connectivity index (χ2v) is 6.47. The summed E-state index contributed by atoms with van der Waals surface area (Å²) in [7, 11) is -0.300. The predicted octanol–water partition coefficient (Wildman–Crippen LogP) is 4.94. The molecule has 2 aliphatic rings. The van der Waals surface area contributed by atoms with E-state index in [1.165, 1.54) is 0 Å². The second kappa shape index (κ2) is 7.11. The van der Waals surface area contributed by atoms with Crippen LogP contribution in [0.2, 0.25) is 0 Å². The summed E-state index contributed by atoms with van der Waals surface area (Å²) in [6, 6.07) is 0. The second-order valence-electron chi connectivity index (χ2n) is 6.47. The number of hydrogen-bond acceptors (Lipinski definition) is 6. The van der Waals surface area contributed by atoms with Crippen LogP contribution in [0.1, 0.15) is 6.92 Å². The molecule has 2 rings (SSSR count). The largest absolute Gasteiger partial charge is 0.473 e. The van der Waals surface area contributed by atoms with Crippen LogP contribution < -0.4 is 0 Å². The first-order valence-electron chi connectivity index (χ1n) is 7.68. The van der Waals surface area contributed by atoms with Crippen LogP contribution >= 0.6 is 0 Å². The Morgan fingerprint density at radius 2 is 0.824 bits per heavy atom. The van der Waals surface area contributed by atoms with Gasteiger partial charge in [0.1, 0.15) is 0 Å². The normalized spacial score (nSPS) is 41.8. The molecule has 0 unspecified atom stereocenters. The highest BCUT2D eigenvalue weighted by Crippen LogP contribution is 2.63. The SMILES string of the molecule is COC1(C(F)(F)F)OC(F)(F)C(F)(OC2(F)C(F)(F)OC(C)(C(F)(F)F)OC2(F)F)C(F)(F)O1. The number of hydrogen-bond donors (Lipinski definition) is 0. The predicted molar refractivity (Wildman–Crippen MR) is 63.1 cm³/mol. The maximum atomic E-state index is 14.5. The molecular weight excluding hydrogens is 544 g/mol. The van der Waals surface area contributed by atoms with Gasteiger partial charge in [0.2, 0.25) is 0 Å². The van der Waals surface area contributed by atoms with Crippen LogP contribution in [0.15, 0.2) is 0 Å².